The topological polar surface area (TPSA) is 182 Å². The zero-order valence-electron chi connectivity index (χ0n) is 22.2. The Morgan fingerprint density at radius 2 is 1.65 bits per heavy atom. The van der Waals surface area contributed by atoms with Gasteiger partial charge in [0, 0.05) is 4.75 Å². The first-order chi connectivity index (χ1) is 18.6. The number of ether oxygens (including phenoxy) is 2. The molecule has 4 aliphatic rings. The monoisotopic (exact) mass is 594 g/mol. The number of nitrogens with zero attached hydrogens (tertiary/aromatic N) is 2. The highest BCUT2D eigenvalue weighted by Gasteiger charge is 2.68. The number of carbonyl (C=O) groups excluding carboxylic acids is 5. The molecule has 4 aliphatic heterocycles. The second kappa shape index (κ2) is 9.45. The number of thioether (sulfide) groups is 1. The molecular weight excluding hydrogens is 564 g/mol. The maximum Gasteiger partial charge on any atom is 0.333 e. The number of esters is 2. The van der Waals surface area contributed by atoms with E-state index in [9.17, 15) is 32.4 Å². The van der Waals surface area contributed by atoms with Crippen molar-refractivity contribution in [3.8, 4) is 0 Å². The molecule has 0 aliphatic carbocycles. The number of benzene rings is 1. The summed E-state index contributed by atoms with van der Waals surface area (Å²) >= 11 is 1.31. The van der Waals surface area contributed by atoms with Gasteiger partial charge in [0.1, 0.15) is 34.9 Å². The molecule has 0 bridgehead atoms. The molecule has 216 valence electrons. The first kappa shape index (κ1) is 28.4. The summed E-state index contributed by atoms with van der Waals surface area (Å²) in [5.74, 6) is -3.32. The van der Waals surface area contributed by atoms with Gasteiger partial charge < -0.3 is 30.3 Å². The molecule has 5 rings (SSSR count). The molecule has 3 unspecified atom stereocenters. The van der Waals surface area contributed by atoms with Crippen molar-refractivity contribution >= 4 is 51.3 Å². The Morgan fingerprint density at radius 3 is 2.25 bits per heavy atom. The van der Waals surface area contributed by atoms with E-state index in [-0.39, 0.29) is 6.42 Å². The highest BCUT2D eigenvalue weighted by molar-refractivity contribution is 8.01. The lowest BCUT2D eigenvalue weighted by atomic mass is 9.95. The molecule has 4 fully saturated rings. The molecule has 13 nitrogen and oxygen atoms in total. The molecular formula is C25H30N4O9S2. The number of hydrogen-bond donors (Lipinski definition) is 2. The molecule has 3 N–H and O–H groups in total. The van der Waals surface area contributed by atoms with E-state index < -0.39 is 90.7 Å². The van der Waals surface area contributed by atoms with Crippen LogP contribution in [0.3, 0.4) is 0 Å². The quantitative estimate of drug-likeness (QED) is 0.234. The maximum atomic E-state index is 13.0. The van der Waals surface area contributed by atoms with Gasteiger partial charge >= 0.3 is 11.9 Å². The lowest BCUT2D eigenvalue weighted by molar-refractivity contribution is -0.181. The van der Waals surface area contributed by atoms with E-state index in [1.54, 1.807) is 44.2 Å². The molecule has 1 aromatic rings. The van der Waals surface area contributed by atoms with Crippen LogP contribution in [0.2, 0.25) is 0 Å². The van der Waals surface area contributed by atoms with Gasteiger partial charge in [-0.1, -0.05) is 30.3 Å². The number of sulfone groups is 1. The van der Waals surface area contributed by atoms with E-state index in [1.165, 1.54) is 30.5 Å². The third-order valence-corrected chi connectivity index (χ3v) is 12.4. The van der Waals surface area contributed by atoms with Crippen molar-refractivity contribution in [2.75, 3.05) is 6.79 Å². The summed E-state index contributed by atoms with van der Waals surface area (Å²) in [7, 11) is -3.80. The van der Waals surface area contributed by atoms with Crippen molar-refractivity contribution in [3.05, 3.63) is 35.9 Å². The van der Waals surface area contributed by atoms with E-state index in [2.05, 4.69) is 5.32 Å². The minimum atomic E-state index is -3.80. The van der Waals surface area contributed by atoms with E-state index in [4.69, 9.17) is 15.2 Å². The smallest absolute Gasteiger partial charge is 0.333 e. The molecule has 40 heavy (non-hydrogen) atoms. The van der Waals surface area contributed by atoms with Gasteiger partial charge in [-0.05, 0) is 33.3 Å². The van der Waals surface area contributed by atoms with Crippen LogP contribution in [-0.4, -0.2) is 93.0 Å². The number of carbonyl (C=O) groups is 5. The average molecular weight is 595 g/mol. The van der Waals surface area contributed by atoms with Crippen LogP contribution in [0.15, 0.2) is 30.3 Å². The van der Waals surface area contributed by atoms with Crippen molar-refractivity contribution in [2.24, 2.45) is 5.73 Å². The molecule has 0 spiro atoms. The van der Waals surface area contributed by atoms with Gasteiger partial charge in [-0.25, -0.2) is 18.0 Å². The molecule has 6 atom stereocenters. The lowest BCUT2D eigenvalue weighted by Gasteiger charge is -2.44. The van der Waals surface area contributed by atoms with Crippen LogP contribution in [0.5, 0.6) is 0 Å². The summed E-state index contributed by atoms with van der Waals surface area (Å²) < 4.78 is 33.3. The Morgan fingerprint density at radius 1 is 1.05 bits per heavy atom. The zero-order chi connectivity index (χ0) is 29.4. The standard InChI is InChI=1S/C25H30N4O9S2/c1-24(2)17(29-20(32)16(21(29)39-24)27-19(31)15(26)12-8-6-5-7-9-12)22(33)37-11-38-23(34)18-25(3,4)40(35,36)14-10-13(30)28(14)18/h5-9,14-18,21H,10-11,26H2,1-4H3,(H,27,31)/t14?,15-,16?,17+,18-,21?/m0/s1. The summed E-state index contributed by atoms with van der Waals surface area (Å²) in [6, 6.07) is 4.45. The molecule has 3 amide bonds. The van der Waals surface area contributed by atoms with Crippen LogP contribution in [0.25, 0.3) is 0 Å². The average Bonchev–Trinajstić information content (AvgIpc) is 3.22. The largest absolute Gasteiger partial charge is 0.426 e. The number of amides is 3. The predicted octanol–water partition coefficient (Wildman–Crippen LogP) is -0.589. The first-order valence-corrected chi connectivity index (χ1v) is 15.0. The van der Waals surface area contributed by atoms with Crippen LogP contribution >= 0.6 is 11.8 Å². The minimum Gasteiger partial charge on any atom is -0.426 e. The molecule has 1 aromatic carbocycles. The Bertz CT molecular complexity index is 1400. The fraction of sp³-hybridized carbons (Fsp3) is 0.560. The Kier molecular flexibility index (Phi) is 6.70. The van der Waals surface area contributed by atoms with Gasteiger partial charge in [0.25, 0.3) is 0 Å². The fourth-order valence-electron chi connectivity index (χ4n) is 5.69. The first-order valence-electron chi connectivity index (χ1n) is 12.6. The Balaban J connectivity index is 1.19. The summed E-state index contributed by atoms with van der Waals surface area (Å²) in [5, 5.41) is 1.07. The molecule has 0 radical (unpaired) electrons. The van der Waals surface area contributed by atoms with Crippen LogP contribution in [-0.2, 0) is 43.3 Å². The zero-order valence-corrected chi connectivity index (χ0v) is 23.9. The van der Waals surface area contributed by atoms with Crippen molar-refractivity contribution < 1.29 is 41.9 Å². The molecule has 0 aromatic heterocycles. The van der Waals surface area contributed by atoms with Crippen molar-refractivity contribution in [1.82, 2.24) is 15.1 Å². The normalized spacial score (nSPS) is 31.3. The number of rotatable bonds is 7. The van der Waals surface area contributed by atoms with Crippen molar-refractivity contribution in [3.63, 3.8) is 0 Å². The Hall–Kier alpha value is -3.17. The molecule has 0 saturated carbocycles. The van der Waals surface area contributed by atoms with Crippen molar-refractivity contribution in [2.45, 2.75) is 78.5 Å². The van der Waals surface area contributed by atoms with Gasteiger partial charge in [-0.15, -0.1) is 11.8 Å². The second-order valence-electron chi connectivity index (χ2n) is 11.2. The van der Waals surface area contributed by atoms with Crippen LogP contribution in [0.4, 0.5) is 0 Å². The predicted molar refractivity (Wildman–Crippen MR) is 140 cm³/mol. The number of nitrogens with one attached hydrogen (secondary N) is 1. The number of β-lactam (4-membered cyclic amide) rings is 2. The number of hydrogen-bond acceptors (Lipinski definition) is 11. The summed E-state index contributed by atoms with van der Waals surface area (Å²) in [6.07, 6.45) is -0.191. The van der Waals surface area contributed by atoms with Crippen LogP contribution in [0.1, 0.15) is 45.7 Å². The van der Waals surface area contributed by atoms with E-state index in [0.29, 0.717) is 5.56 Å². The minimum absolute atomic E-state index is 0.191. The van der Waals surface area contributed by atoms with Gasteiger partial charge in [0.2, 0.25) is 24.5 Å². The van der Waals surface area contributed by atoms with Gasteiger partial charge in [0.15, 0.2) is 9.84 Å². The third-order valence-electron chi connectivity index (χ3n) is 8.00. The van der Waals surface area contributed by atoms with Crippen LogP contribution < -0.4 is 11.1 Å². The summed E-state index contributed by atoms with van der Waals surface area (Å²) in [4.78, 5) is 65.9. The molecule has 4 heterocycles. The fourth-order valence-corrected chi connectivity index (χ4v) is 9.44. The second-order valence-corrected chi connectivity index (χ2v) is 15.6. The van der Waals surface area contributed by atoms with Gasteiger partial charge in [-0.2, -0.15) is 0 Å². The molecule has 4 saturated heterocycles. The van der Waals surface area contributed by atoms with Crippen LogP contribution in [0, 0.1) is 0 Å². The summed E-state index contributed by atoms with van der Waals surface area (Å²) in [6.45, 7) is 5.37. The van der Waals surface area contributed by atoms with E-state index in [1.807, 2.05) is 0 Å². The third kappa shape index (κ3) is 4.08. The number of fused-ring (bicyclic) bond motifs is 2. The number of nitrogens with two attached hydrogens (primary N) is 1. The lowest BCUT2D eigenvalue weighted by Crippen LogP contribution is -2.71. The van der Waals surface area contributed by atoms with E-state index in [0.717, 1.165) is 4.90 Å². The summed E-state index contributed by atoms with van der Waals surface area (Å²) in [5.41, 5.74) is 6.64. The highest BCUT2D eigenvalue weighted by atomic mass is 32.2. The van der Waals surface area contributed by atoms with Gasteiger partial charge in [-0.3, -0.25) is 14.4 Å². The van der Waals surface area contributed by atoms with E-state index >= 15 is 0 Å². The molecule has 15 heteroatoms. The van der Waals surface area contributed by atoms with Gasteiger partial charge in [0.05, 0.1) is 11.2 Å². The Labute approximate surface area is 235 Å². The van der Waals surface area contributed by atoms with Crippen molar-refractivity contribution in [1.29, 1.82) is 0 Å². The SMILES string of the molecule is CC1(C)SC2C(NC(=O)[C@@H](N)c3ccccc3)C(=O)N2[C@@H]1C(=O)OCOC(=O)[C@@H]1N2C(=O)CC2S(=O)(=O)C1(C)C. The maximum absolute atomic E-state index is 13.0. The highest BCUT2D eigenvalue weighted by Crippen LogP contribution is 2.51.